The van der Waals surface area contributed by atoms with E-state index in [2.05, 4.69) is 33.9 Å². The zero-order valence-corrected chi connectivity index (χ0v) is 14.4. The van der Waals surface area contributed by atoms with E-state index in [1.54, 1.807) is 0 Å². The third-order valence-corrected chi connectivity index (χ3v) is 6.09. The van der Waals surface area contributed by atoms with Gasteiger partial charge in [0.1, 0.15) is 0 Å². The van der Waals surface area contributed by atoms with E-state index in [0.717, 1.165) is 45.3 Å². The Labute approximate surface area is 139 Å². The molecule has 1 N–H and O–H groups in total. The summed E-state index contributed by atoms with van der Waals surface area (Å²) in [5.41, 5.74) is 2.77. The second-order valence-electron chi connectivity index (χ2n) is 6.46. The first-order chi connectivity index (χ1) is 11.1. The molecule has 2 heterocycles. The van der Waals surface area contributed by atoms with E-state index in [1.165, 1.54) is 11.1 Å². The smallest absolute Gasteiger partial charge is 0.214 e. The van der Waals surface area contributed by atoms with Gasteiger partial charge in [0.2, 0.25) is 10.0 Å². The Morgan fingerprint density at radius 1 is 1.22 bits per heavy atom. The fourth-order valence-electron chi connectivity index (χ4n) is 3.35. The van der Waals surface area contributed by atoms with Gasteiger partial charge in [0.15, 0.2) is 0 Å². The number of nitrogens with one attached hydrogen (secondary N) is 1. The molecule has 0 aliphatic carbocycles. The van der Waals surface area contributed by atoms with Crippen LogP contribution in [0.2, 0.25) is 0 Å². The SMILES string of the molecule is O=S(=O)(C[C@H]1CCCCO1)NCCN1CCc2ccccc2C1. The number of hydrogen-bond donors (Lipinski definition) is 1. The summed E-state index contributed by atoms with van der Waals surface area (Å²) in [4.78, 5) is 2.31. The minimum atomic E-state index is -3.24. The Morgan fingerprint density at radius 2 is 2.04 bits per heavy atom. The van der Waals surface area contributed by atoms with Crippen molar-refractivity contribution in [3.05, 3.63) is 35.4 Å². The van der Waals surface area contributed by atoms with Crippen LogP contribution in [0.15, 0.2) is 24.3 Å². The largest absolute Gasteiger partial charge is 0.377 e. The lowest BCUT2D eigenvalue weighted by Crippen LogP contribution is -2.40. The number of benzene rings is 1. The van der Waals surface area contributed by atoms with Crippen LogP contribution in [0.5, 0.6) is 0 Å². The van der Waals surface area contributed by atoms with Gasteiger partial charge < -0.3 is 4.74 Å². The van der Waals surface area contributed by atoms with Crippen LogP contribution in [0.3, 0.4) is 0 Å². The maximum atomic E-state index is 12.1. The van der Waals surface area contributed by atoms with Gasteiger partial charge in [0.05, 0.1) is 11.9 Å². The molecule has 1 aromatic rings. The van der Waals surface area contributed by atoms with Crippen LogP contribution < -0.4 is 4.72 Å². The Hall–Kier alpha value is -0.950. The highest BCUT2D eigenvalue weighted by atomic mass is 32.2. The van der Waals surface area contributed by atoms with Crippen LogP contribution in [0.1, 0.15) is 30.4 Å². The first-order valence-corrected chi connectivity index (χ1v) is 10.2. The summed E-state index contributed by atoms with van der Waals surface area (Å²) in [5, 5.41) is 0. The Morgan fingerprint density at radius 3 is 2.83 bits per heavy atom. The van der Waals surface area contributed by atoms with E-state index < -0.39 is 10.0 Å². The van der Waals surface area contributed by atoms with E-state index >= 15 is 0 Å². The third kappa shape index (κ3) is 5.01. The summed E-state index contributed by atoms with van der Waals surface area (Å²) in [7, 11) is -3.24. The summed E-state index contributed by atoms with van der Waals surface area (Å²) in [6, 6.07) is 8.48. The molecule has 0 radical (unpaired) electrons. The lowest BCUT2D eigenvalue weighted by atomic mass is 10.0. The van der Waals surface area contributed by atoms with E-state index in [-0.39, 0.29) is 11.9 Å². The van der Waals surface area contributed by atoms with Gasteiger partial charge in [-0.1, -0.05) is 24.3 Å². The maximum absolute atomic E-state index is 12.1. The zero-order chi connectivity index (χ0) is 16.1. The summed E-state index contributed by atoms with van der Waals surface area (Å²) < 4.78 is 32.5. The van der Waals surface area contributed by atoms with Crippen molar-refractivity contribution in [2.75, 3.05) is 32.0 Å². The molecule has 0 spiro atoms. The molecule has 2 aliphatic rings. The third-order valence-electron chi connectivity index (χ3n) is 4.64. The second kappa shape index (κ2) is 7.75. The molecule has 1 aromatic carbocycles. The number of fused-ring (bicyclic) bond motifs is 1. The maximum Gasteiger partial charge on any atom is 0.214 e. The number of nitrogens with zero attached hydrogens (tertiary/aromatic N) is 1. The molecule has 1 saturated heterocycles. The molecular formula is C17H26N2O3S. The van der Waals surface area contributed by atoms with Gasteiger partial charge in [-0.3, -0.25) is 4.90 Å². The van der Waals surface area contributed by atoms with E-state index in [9.17, 15) is 8.42 Å². The molecule has 0 unspecified atom stereocenters. The number of hydrogen-bond acceptors (Lipinski definition) is 4. The fourth-order valence-corrected chi connectivity index (χ4v) is 4.62. The summed E-state index contributed by atoms with van der Waals surface area (Å²) in [5.74, 6) is 0.0931. The Balaban J connectivity index is 1.42. The van der Waals surface area contributed by atoms with Crippen LogP contribution >= 0.6 is 0 Å². The van der Waals surface area contributed by atoms with Gasteiger partial charge in [-0.15, -0.1) is 0 Å². The first-order valence-electron chi connectivity index (χ1n) is 8.50. The van der Waals surface area contributed by atoms with E-state index in [0.29, 0.717) is 13.2 Å². The molecule has 1 fully saturated rings. The van der Waals surface area contributed by atoms with Crippen LogP contribution in [-0.4, -0.2) is 51.4 Å². The van der Waals surface area contributed by atoms with Crippen molar-refractivity contribution < 1.29 is 13.2 Å². The second-order valence-corrected chi connectivity index (χ2v) is 8.31. The lowest BCUT2D eigenvalue weighted by Gasteiger charge is -2.28. The Kier molecular flexibility index (Phi) is 5.69. The van der Waals surface area contributed by atoms with Crippen molar-refractivity contribution in [2.45, 2.75) is 38.3 Å². The molecule has 0 bridgehead atoms. The highest BCUT2D eigenvalue weighted by Crippen LogP contribution is 2.18. The molecule has 2 aliphatic heterocycles. The summed E-state index contributed by atoms with van der Waals surface area (Å²) in [6.45, 7) is 3.80. The minimum Gasteiger partial charge on any atom is -0.377 e. The van der Waals surface area contributed by atoms with Crippen molar-refractivity contribution in [2.24, 2.45) is 0 Å². The van der Waals surface area contributed by atoms with Crippen LogP contribution in [0.25, 0.3) is 0 Å². The molecule has 0 aromatic heterocycles. The summed E-state index contributed by atoms with van der Waals surface area (Å²) >= 11 is 0. The van der Waals surface area contributed by atoms with Crippen molar-refractivity contribution in [1.29, 1.82) is 0 Å². The zero-order valence-electron chi connectivity index (χ0n) is 13.5. The fraction of sp³-hybridized carbons (Fsp3) is 0.647. The highest BCUT2D eigenvalue weighted by Gasteiger charge is 2.22. The molecule has 23 heavy (non-hydrogen) atoms. The molecule has 3 rings (SSSR count). The van der Waals surface area contributed by atoms with Crippen molar-refractivity contribution in [3.8, 4) is 0 Å². The van der Waals surface area contributed by atoms with E-state index in [4.69, 9.17) is 4.74 Å². The topological polar surface area (TPSA) is 58.6 Å². The monoisotopic (exact) mass is 338 g/mol. The average Bonchev–Trinajstić information content (AvgIpc) is 2.55. The van der Waals surface area contributed by atoms with Gasteiger partial charge >= 0.3 is 0 Å². The minimum absolute atomic E-state index is 0.0931. The van der Waals surface area contributed by atoms with Crippen molar-refractivity contribution >= 4 is 10.0 Å². The molecule has 0 saturated carbocycles. The van der Waals surface area contributed by atoms with Crippen LogP contribution in [0.4, 0.5) is 0 Å². The van der Waals surface area contributed by atoms with Crippen LogP contribution in [0, 0.1) is 0 Å². The summed E-state index contributed by atoms with van der Waals surface area (Å²) in [6.07, 6.45) is 3.86. The Bertz CT molecular complexity index is 612. The molecule has 5 nitrogen and oxygen atoms in total. The highest BCUT2D eigenvalue weighted by molar-refractivity contribution is 7.89. The average molecular weight is 338 g/mol. The quantitative estimate of drug-likeness (QED) is 0.855. The van der Waals surface area contributed by atoms with Gasteiger partial charge in [-0.25, -0.2) is 13.1 Å². The molecule has 128 valence electrons. The van der Waals surface area contributed by atoms with Gasteiger partial charge in [-0.05, 0) is 36.8 Å². The first kappa shape index (κ1) is 16.9. The normalized spacial score (nSPS) is 22.7. The number of rotatable bonds is 6. The van der Waals surface area contributed by atoms with Gasteiger partial charge in [0.25, 0.3) is 0 Å². The van der Waals surface area contributed by atoms with Gasteiger partial charge in [0, 0.05) is 32.8 Å². The molecule has 1 atom stereocenters. The predicted octanol–water partition coefficient (Wildman–Crippen LogP) is 1.53. The van der Waals surface area contributed by atoms with Crippen LogP contribution in [-0.2, 0) is 27.7 Å². The van der Waals surface area contributed by atoms with Crippen molar-refractivity contribution in [3.63, 3.8) is 0 Å². The lowest BCUT2D eigenvalue weighted by molar-refractivity contribution is 0.0304. The standard InChI is InChI=1S/C17H26N2O3S/c20-23(21,14-17-7-3-4-12-22-17)18-9-11-19-10-8-15-5-1-2-6-16(15)13-19/h1-2,5-6,17-18H,3-4,7-14H2/t17-/m1/s1. The molecule has 0 amide bonds. The van der Waals surface area contributed by atoms with Crippen molar-refractivity contribution in [1.82, 2.24) is 9.62 Å². The molecular weight excluding hydrogens is 312 g/mol. The number of ether oxygens (including phenoxy) is 1. The number of sulfonamides is 1. The molecule has 6 heteroatoms. The van der Waals surface area contributed by atoms with Gasteiger partial charge in [-0.2, -0.15) is 0 Å². The van der Waals surface area contributed by atoms with E-state index in [1.807, 2.05) is 0 Å². The predicted molar refractivity (Wildman–Crippen MR) is 90.8 cm³/mol.